The summed E-state index contributed by atoms with van der Waals surface area (Å²) in [6.45, 7) is 1.97. The maximum absolute atomic E-state index is 11.1. The van der Waals surface area contributed by atoms with Crippen molar-refractivity contribution in [2.75, 3.05) is 5.73 Å². The van der Waals surface area contributed by atoms with Crippen molar-refractivity contribution in [3.05, 3.63) is 29.5 Å². The Morgan fingerprint density at radius 1 is 1.43 bits per heavy atom. The van der Waals surface area contributed by atoms with Gasteiger partial charge in [0.2, 0.25) is 0 Å². The Hall–Kier alpha value is -1.64. The molecule has 1 aliphatic carbocycles. The van der Waals surface area contributed by atoms with Gasteiger partial charge in [0.1, 0.15) is 5.82 Å². The molecule has 3 nitrogen and oxygen atoms in total. The lowest BCUT2D eigenvalue weighted by Gasteiger charge is -2.05. The number of aromatic nitrogens is 1. The Bertz CT molecular complexity index is 421. The van der Waals surface area contributed by atoms with E-state index in [1.807, 2.05) is 13.0 Å². The maximum Gasteiger partial charge on any atom is 0.156 e. The third kappa shape index (κ3) is 1.53. The van der Waals surface area contributed by atoms with Crippen molar-refractivity contribution in [1.29, 1.82) is 0 Å². The van der Waals surface area contributed by atoms with E-state index in [0.717, 1.165) is 23.1 Å². The van der Waals surface area contributed by atoms with Crippen LogP contribution in [0.2, 0.25) is 0 Å². The van der Waals surface area contributed by atoms with Gasteiger partial charge in [0.25, 0.3) is 0 Å². The van der Waals surface area contributed by atoms with Gasteiger partial charge in [-0.3, -0.25) is 4.79 Å². The Morgan fingerprint density at radius 2 is 2.21 bits per heavy atom. The fourth-order valence-corrected chi connectivity index (χ4v) is 1.65. The maximum atomic E-state index is 11.1. The molecular formula is C11H12N2O. The fourth-order valence-electron chi connectivity index (χ4n) is 1.65. The Balaban J connectivity index is 2.46. The summed E-state index contributed by atoms with van der Waals surface area (Å²) < 4.78 is 0. The highest BCUT2D eigenvalue weighted by atomic mass is 16.1. The second-order valence-electron chi connectivity index (χ2n) is 3.58. The zero-order valence-electron chi connectivity index (χ0n) is 8.08. The van der Waals surface area contributed by atoms with Crippen LogP contribution in [0.4, 0.5) is 5.82 Å². The minimum atomic E-state index is 0.181. The van der Waals surface area contributed by atoms with Gasteiger partial charge in [-0.05, 0) is 36.6 Å². The number of carbonyl (C=O) groups is 1. The highest BCUT2D eigenvalue weighted by molar-refractivity contribution is 6.02. The van der Waals surface area contributed by atoms with Crippen LogP contribution in [0.25, 0.3) is 5.57 Å². The first-order chi connectivity index (χ1) is 6.66. The van der Waals surface area contributed by atoms with Crippen LogP contribution in [0, 0.1) is 6.92 Å². The monoisotopic (exact) mass is 188 g/mol. The van der Waals surface area contributed by atoms with Gasteiger partial charge in [0.05, 0.1) is 0 Å². The summed E-state index contributed by atoms with van der Waals surface area (Å²) in [6, 6.07) is 1.98. The average Bonchev–Trinajstić information content (AvgIpc) is 2.56. The number of hydrogen-bond acceptors (Lipinski definition) is 3. The van der Waals surface area contributed by atoms with Crippen molar-refractivity contribution in [3.63, 3.8) is 0 Å². The lowest BCUT2D eigenvalue weighted by molar-refractivity contribution is -0.114. The predicted molar refractivity (Wildman–Crippen MR) is 55.6 cm³/mol. The van der Waals surface area contributed by atoms with Crippen molar-refractivity contribution in [2.24, 2.45) is 0 Å². The van der Waals surface area contributed by atoms with Gasteiger partial charge in [-0.25, -0.2) is 4.98 Å². The Morgan fingerprint density at radius 3 is 2.86 bits per heavy atom. The van der Waals surface area contributed by atoms with Crippen LogP contribution in [0.3, 0.4) is 0 Å². The number of ketones is 1. The van der Waals surface area contributed by atoms with Crippen molar-refractivity contribution in [2.45, 2.75) is 19.8 Å². The van der Waals surface area contributed by atoms with Crippen LogP contribution in [0.15, 0.2) is 18.3 Å². The number of pyridine rings is 1. The molecule has 1 aromatic rings. The van der Waals surface area contributed by atoms with E-state index in [0.29, 0.717) is 12.2 Å². The molecule has 2 rings (SSSR count). The van der Waals surface area contributed by atoms with Crippen molar-refractivity contribution >= 4 is 17.2 Å². The van der Waals surface area contributed by atoms with E-state index in [2.05, 4.69) is 4.98 Å². The summed E-state index contributed by atoms with van der Waals surface area (Å²) in [7, 11) is 0. The number of nitrogens with zero attached hydrogens (tertiary/aromatic N) is 1. The summed E-state index contributed by atoms with van der Waals surface area (Å²) in [5, 5.41) is 0. The molecule has 0 saturated carbocycles. The molecule has 72 valence electrons. The second kappa shape index (κ2) is 3.25. The normalized spacial score (nSPS) is 15.8. The van der Waals surface area contributed by atoms with Gasteiger partial charge in [-0.15, -0.1) is 0 Å². The molecule has 0 aromatic carbocycles. The number of carbonyl (C=O) groups excluding carboxylic acids is 1. The number of nitrogens with two attached hydrogens (primary N) is 1. The molecule has 0 spiro atoms. The van der Waals surface area contributed by atoms with E-state index >= 15 is 0 Å². The molecule has 0 bridgehead atoms. The number of allylic oxidation sites excluding steroid dienone is 2. The second-order valence-corrected chi connectivity index (χ2v) is 3.58. The molecule has 0 saturated heterocycles. The molecule has 2 N–H and O–H groups in total. The van der Waals surface area contributed by atoms with Crippen LogP contribution < -0.4 is 5.73 Å². The zero-order valence-corrected chi connectivity index (χ0v) is 8.08. The van der Waals surface area contributed by atoms with Crippen LogP contribution in [-0.4, -0.2) is 10.8 Å². The number of aryl methyl sites for hydroxylation is 1. The fraction of sp³-hybridized carbons (Fsp3) is 0.273. The minimum absolute atomic E-state index is 0.181. The summed E-state index contributed by atoms with van der Waals surface area (Å²) >= 11 is 0. The van der Waals surface area contributed by atoms with E-state index in [1.165, 1.54) is 0 Å². The van der Waals surface area contributed by atoms with Gasteiger partial charge in [-0.1, -0.05) is 0 Å². The molecule has 0 amide bonds. The van der Waals surface area contributed by atoms with Gasteiger partial charge >= 0.3 is 0 Å². The van der Waals surface area contributed by atoms with Crippen molar-refractivity contribution < 1.29 is 4.79 Å². The Labute approximate surface area is 82.6 Å². The average molecular weight is 188 g/mol. The molecular weight excluding hydrogens is 176 g/mol. The first kappa shape index (κ1) is 8.94. The molecule has 0 fully saturated rings. The quantitative estimate of drug-likeness (QED) is 0.730. The first-order valence-electron chi connectivity index (χ1n) is 4.63. The summed E-state index contributed by atoms with van der Waals surface area (Å²) in [5.41, 5.74) is 8.75. The van der Waals surface area contributed by atoms with E-state index in [1.54, 1.807) is 12.3 Å². The van der Waals surface area contributed by atoms with Gasteiger partial charge in [0, 0.05) is 18.2 Å². The molecule has 14 heavy (non-hydrogen) atoms. The van der Waals surface area contributed by atoms with E-state index in [4.69, 9.17) is 5.73 Å². The highest BCUT2D eigenvalue weighted by Gasteiger charge is 2.15. The molecule has 0 atom stereocenters. The van der Waals surface area contributed by atoms with Crippen LogP contribution in [0.1, 0.15) is 24.0 Å². The third-order valence-electron chi connectivity index (χ3n) is 2.38. The standard InChI is InChI=1S/C11H12N2O/c1-7-4-10(11(12)13-6-7)8-2-3-9(14)5-8/h4-6H,2-3H2,1H3,(H2,12,13). The molecule has 0 aliphatic heterocycles. The summed E-state index contributed by atoms with van der Waals surface area (Å²) in [6.07, 6.45) is 4.79. The van der Waals surface area contributed by atoms with Gasteiger partial charge < -0.3 is 5.73 Å². The molecule has 1 heterocycles. The van der Waals surface area contributed by atoms with Crippen molar-refractivity contribution in [3.8, 4) is 0 Å². The molecule has 0 radical (unpaired) electrons. The smallest absolute Gasteiger partial charge is 0.156 e. The van der Waals surface area contributed by atoms with E-state index in [-0.39, 0.29) is 5.78 Å². The van der Waals surface area contributed by atoms with E-state index in [9.17, 15) is 4.79 Å². The number of hydrogen-bond donors (Lipinski definition) is 1. The number of nitrogen functional groups attached to an aromatic ring is 1. The lowest BCUT2D eigenvalue weighted by Crippen LogP contribution is -1.96. The molecule has 1 aromatic heterocycles. The van der Waals surface area contributed by atoms with E-state index < -0.39 is 0 Å². The number of anilines is 1. The third-order valence-corrected chi connectivity index (χ3v) is 2.38. The molecule has 0 unspecified atom stereocenters. The highest BCUT2D eigenvalue weighted by Crippen LogP contribution is 2.29. The van der Waals surface area contributed by atoms with Gasteiger partial charge in [0.15, 0.2) is 5.78 Å². The van der Waals surface area contributed by atoms with Gasteiger partial charge in [-0.2, -0.15) is 0 Å². The largest absolute Gasteiger partial charge is 0.383 e. The van der Waals surface area contributed by atoms with Crippen LogP contribution in [0.5, 0.6) is 0 Å². The number of rotatable bonds is 1. The zero-order chi connectivity index (χ0) is 10.1. The molecule has 3 heteroatoms. The predicted octanol–water partition coefficient (Wildman–Crippen LogP) is 1.72. The van der Waals surface area contributed by atoms with Crippen molar-refractivity contribution in [1.82, 2.24) is 4.98 Å². The summed E-state index contributed by atoms with van der Waals surface area (Å²) in [4.78, 5) is 15.2. The molecule has 1 aliphatic rings. The Kier molecular flexibility index (Phi) is 2.08. The lowest BCUT2D eigenvalue weighted by atomic mass is 10.1. The minimum Gasteiger partial charge on any atom is -0.383 e. The SMILES string of the molecule is Cc1cnc(N)c(C2=CC(=O)CC2)c1. The van der Waals surface area contributed by atoms with Crippen LogP contribution in [-0.2, 0) is 4.79 Å². The first-order valence-corrected chi connectivity index (χ1v) is 4.63. The van der Waals surface area contributed by atoms with Crippen LogP contribution >= 0.6 is 0 Å². The topological polar surface area (TPSA) is 56.0 Å². The summed E-state index contributed by atoms with van der Waals surface area (Å²) in [5.74, 6) is 0.692.